The van der Waals surface area contributed by atoms with Gasteiger partial charge in [-0.15, -0.1) is 24.0 Å². The summed E-state index contributed by atoms with van der Waals surface area (Å²) in [5.41, 5.74) is 2.29. The highest BCUT2D eigenvalue weighted by molar-refractivity contribution is 14.0. The van der Waals surface area contributed by atoms with Crippen LogP contribution in [-0.2, 0) is 17.8 Å². The molecule has 2 N–H and O–H groups in total. The van der Waals surface area contributed by atoms with E-state index in [0.29, 0.717) is 26.3 Å². The van der Waals surface area contributed by atoms with E-state index >= 15 is 0 Å². The Kier molecular flexibility index (Phi) is 10.8. The van der Waals surface area contributed by atoms with Crippen molar-refractivity contribution in [3.8, 4) is 11.5 Å². The molecule has 0 bridgehead atoms. The molecule has 6 nitrogen and oxygen atoms in total. The van der Waals surface area contributed by atoms with Gasteiger partial charge in [0.2, 0.25) is 0 Å². The number of ether oxygens (including phenoxy) is 3. The molecule has 0 atom stereocenters. The van der Waals surface area contributed by atoms with E-state index in [9.17, 15) is 0 Å². The van der Waals surface area contributed by atoms with Crippen LogP contribution in [-0.4, -0.2) is 39.9 Å². The van der Waals surface area contributed by atoms with Gasteiger partial charge in [-0.05, 0) is 42.5 Å². The highest BCUT2D eigenvalue weighted by atomic mass is 127. The molecule has 0 radical (unpaired) electrons. The van der Waals surface area contributed by atoms with E-state index in [1.54, 1.807) is 14.2 Å². The summed E-state index contributed by atoms with van der Waals surface area (Å²) in [6, 6.07) is 16.2. The number of aliphatic imine (C=N–C) groups is 1. The Balaban J connectivity index is 0.00000320. The largest absolute Gasteiger partial charge is 0.493 e. The number of benzene rings is 2. The summed E-state index contributed by atoms with van der Waals surface area (Å²) in [6.07, 6.45) is 2.58. The number of nitrogens with one attached hydrogen (secondary N) is 2. The van der Waals surface area contributed by atoms with E-state index in [1.807, 2.05) is 42.5 Å². The number of hydrogen-bond donors (Lipinski definition) is 2. The molecule has 0 aliphatic heterocycles. The van der Waals surface area contributed by atoms with E-state index in [4.69, 9.17) is 14.2 Å². The van der Waals surface area contributed by atoms with Gasteiger partial charge >= 0.3 is 0 Å². The van der Waals surface area contributed by atoms with Gasteiger partial charge in [0.15, 0.2) is 5.96 Å². The van der Waals surface area contributed by atoms with Crippen molar-refractivity contribution in [1.29, 1.82) is 0 Å². The fraction of sp³-hybridized carbons (Fsp3) is 0.435. The molecule has 1 saturated carbocycles. The highest BCUT2D eigenvalue weighted by Crippen LogP contribution is 2.30. The highest BCUT2D eigenvalue weighted by Gasteiger charge is 2.22. The lowest BCUT2D eigenvalue weighted by molar-refractivity contribution is 0.146. The van der Waals surface area contributed by atoms with Crippen LogP contribution in [0.1, 0.15) is 24.0 Å². The number of methoxy groups -OCH3 is 1. The molecule has 164 valence electrons. The molecule has 1 aliphatic rings. The zero-order chi connectivity index (χ0) is 20.3. The second-order valence-corrected chi connectivity index (χ2v) is 7.13. The number of rotatable bonds is 11. The Morgan fingerprint density at radius 1 is 0.967 bits per heavy atom. The van der Waals surface area contributed by atoms with Crippen molar-refractivity contribution >= 4 is 29.9 Å². The Hall–Kier alpha value is -2.00. The summed E-state index contributed by atoms with van der Waals surface area (Å²) in [6.45, 7) is 3.29. The Labute approximate surface area is 196 Å². The van der Waals surface area contributed by atoms with Crippen molar-refractivity contribution < 1.29 is 14.2 Å². The van der Waals surface area contributed by atoms with Crippen LogP contribution in [0.3, 0.4) is 0 Å². The van der Waals surface area contributed by atoms with Crippen LogP contribution in [0.4, 0.5) is 0 Å². The molecule has 0 amide bonds. The van der Waals surface area contributed by atoms with E-state index in [0.717, 1.165) is 41.1 Å². The average Bonchev–Trinajstić information content (AvgIpc) is 3.59. The zero-order valence-electron chi connectivity index (χ0n) is 17.7. The minimum absolute atomic E-state index is 0. The van der Waals surface area contributed by atoms with Crippen molar-refractivity contribution in [2.45, 2.75) is 25.9 Å². The zero-order valence-corrected chi connectivity index (χ0v) is 20.1. The molecular formula is C23H32IN3O3. The van der Waals surface area contributed by atoms with Crippen LogP contribution in [0.2, 0.25) is 0 Å². The first-order valence-electron chi connectivity index (χ1n) is 10.1. The molecule has 2 aromatic rings. The topological polar surface area (TPSA) is 64.1 Å². The molecule has 1 fully saturated rings. The predicted octanol–water partition coefficient (Wildman–Crippen LogP) is 3.98. The van der Waals surface area contributed by atoms with Crippen molar-refractivity contribution in [2.24, 2.45) is 10.9 Å². The molecular weight excluding hydrogens is 493 g/mol. The normalized spacial score (nSPS) is 13.3. The number of para-hydroxylation sites is 1. The molecule has 0 heterocycles. The van der Waals surface area contributed by atoms with Crippen molar-refractivity contribution in [3.05, 3.63) is 59.7 Å². The van der Waals surface area contributed by atoms with E-state index < -0.39 is 0 Å². The summed E-state index contributed by atoms with van der Waals surface area (Å²) in [5.74, 6) is 3.28. The third-order valence-electron chi connectivity index (χ3n) is 4.75. The molecule has 0 unspecified atom stereocenters. The second kappa shape index (κ2) is 13.3. The lowest BCUT2D eigenvalue weighted by atomic mass is 10.2. The van der Waals surface area contributed by atoms with Gasteiger partial charge in [-0.25, -0.2) is 0 Å². The summed E-state index contributed by atoms with van der Waals surface area (Å²) in [7, 11) is 3.44. The quantitative estimate of drug-likeness (QED) is 0.201. The molecule has 0 saturated heterocycles. The summed E-state index contributed by atoms with van der Waals surface area (Å²) in [4.78, 5) is 4.31. The van der Waals surface area contributed by atoms with Gasteiger partial charge in [0.1, 0.15) is 18.1 Å². The summed E-state index contributed by atoms with van der Waals surface area (Å²) >= 11 is 0. The van der Waals surface area contributed by atoms with Crippen molar-refractivity contribution in [1.82, 2.24) is 10.6 Å². The third kappa shape index (κ3) is 8.39. The van der Waals surface area contributed by atoms with Crippen LogP contribution < -0.4 is 20.1 Å². The van der Waals surface area contributed by atoms with Gasteiger partial charge in [-0.1, -0.05) is 30.3 Å². The number of hydrogen-bond acceptors (Lipinski definition) is 4. The lowest BCUT2D eigenvalue weighted by Gasteiger charge is -2.15. The van der Waals surface area contributed by atoms with Gasteiger partial charge in [-0.2, -0.15) is 0 Å². The van der Waals surface area contributed by atoms with Gasteiger partial charge in [0, 0.05) is 32.8 Å². The van der Waals surface area contributed by atoms with Crippen LogP contribution in [0.15, 0.2) is 53.5 Å². The number of guanidine groups is 1. The van der Waals surface area contributed by atoms with Gasteiger partial charge in [-0.3, -0.25) is 4.99 Å². The van der Waals surface area contributed by atoms with Gasteiger partial charge in [0.25, 0.3) is 0 Å². The fourth-order valence-corrected chi connectivity index (χ4v) is 2.81. The molecule has 1 aliphatic carbocycles. The van der Waals surface area contributed by atoms with Gasteiger partial charge in [0.05, 0.1) is 13.2 Å². The minimum atomic E-state index is 0. The van der Waals surface area contributed by atoms with E-state index in [-0.39, 0.29) is 24.0 Å². The maximum atomic E-state index is 5.98. The van der Waals surface area contributed by atoms with E-state index in [1.165, 1.54) is 12.8 Å². The molecule has 0 aromatic heterocycles. The molecule has 7 heteroatoms. The monoisotopic (exact) mass is 525 g/mol. The second-order valence-electron chi connectivity index (χ2n) is 7.13. The van der Waals surface area contributed by atoms with E-state index in [2.05, 4.69) is 21.7 Å². The van der Waals surface area contributed by atoms with Crippen LogP contribution in [0.5, 0.6) is 11.5 Å². The smallest absolute Gasteiger partial charge is 0.191 e. The standard InChI is InChI=1S/C23H31N3O3.HI/c1-24-23(25-15-18-9-11-21(12-10-18)28-14-13-27-2)26-16-20-5-3-4-6-22(20)29-17-19-7-8-19;/h3-6,9-12,19H,7-8,13-17H2,1-2H3,(H2,24,25,26);1H. The Bertz CT molecular complexity index is 780. The van der Waals surface area contributed by atoms with Crippen molar-refractivity contribution in [2.75, 3.05) is 34.0 Å². The number of halogens is 1. The SMILES string of the molecule is CN=C(NCc1ccc(OCCOC)cc1)NCc1ccccc1OCC1CC1.I. The van der Waals surface area contributed by atoms with Crippen molar-refractivity contribution in [3.63, 3.8) is 0 Å². The Morgan fingerprint density at radius 2 is 1.70 bits per heavy atom. The maximum Gasteiger partial charge on any atom is 0.191 e. The molecule has 30 heavy (non-hydrogen) atoms. The van der Waals surface area contributed by atoms with Crippen LogP contribution in [0.25, 0.3) is 0 Å². The summed E-state index contributed by atoms with van der Waals surface area (Å²) < 4.78 is 16.6. The van der Waals surface area contributed by atoms with Crippen LogP contribution >= 0.6 is 24.0 Å². The molecule has 2 aromatic carbocycles. The number of nitrogens with zero attached hydrogens (tertiary/aromatic N) is 1. The predicted molar refractivity (Wildman–Crippen MR) is 131 cm³/mol. The maximum absolute atomic E-state index is 5.98. The average molecular weight is 525 g/mol. The Morgan fingerprint density at radius 3 is 2.40 bits per heavy atom. The first-order chi connectivity index (χ1) is 14.3. The third-order valence-corrected chi connectivity index (χ3v) is 4.75. The summed E-state index contributed by atoms with van der Waals surface area (Å²) in [5, 5.41) is 6.71. The first kappa shape index (κ1) is 24.3. The molecule has 3 rings (SSSR count). The lowest BCUT2D eigenvalue weighted by Crippen LogP contribution is -2.36. The van der Waals surface area contributed by atoms with Gasteiger partial charge < -0.3 is 24.8 Å². The first-order valence-corrected chi connectivity index (χ1v) is 10.1. The molecule has 0 spiro atoms. The minimum Gasteiger partial charge on any atom is -0.493 e. The van der Waals surface area contributed by atoms with Crippen LogP contribution in [0, 0.1) is 5.92 Å². The fourth-order valence-electron chi connectivity index (χ4n) is 2.81.